The van der Waals surface area contributed by atoms with Crippen LogP contribution in [0.4, 0.5) is 0 Å². The Kier molecular flexibility index (Phi) is 5.15. The van der Waals surface area contributed by atoms with E-state index in [0.717, 1.165) is 18.4 Å². The summed E-state index contributed by atoms with van der Waals surface area (Å²) in [6.45, 7) is 1.24. The lowest BCUT2D eigenvalue weighted by molar-refractivity contribution is 0.0948. The summed E-state index contributed by atoms with van der Waals surface area (Å²) in [5.41, 5.74) is 7.27. The molecule has 0 bridgehead atoms. The lowest BCUT2D eigenvalue weighted by Crippen LogP contribution is -2.25. The Bertz CT molecular complexity index is 582. The number of hydrogen-bond donors (Lipinski definition) is 3. The second kappa shape index (κ2) is 7.07. The van der Waals surface area contributed by atoms with Gasteiger partial charge in [-0.2, -0.15) is 5.10 Å². The number of halogens is 1. The third-order valence-corrected chi connectivity index (χ3v) is 3.22. The van der Waals surface area contributed by atoms with Crippen LogP contribution >= 0.6 is 11.6 Å². The van der Waals surface area contributed by atoms with Gasteiger partial charge in [-0.05, 0) is 31.5 Å². The molecule has 0 saturated carbocycles. The van der Waals surface area contributed by atoms with Gasteiger partial charge in [-0.1, -0.05) is 29.8 Å². The van der Waals surface area contributed by atoms with Gasteiger partial charge >= 0.3 is 0 Å². The third kappa shape index (κ3) is 3.59. The Morgan fingerprint density at radius 3 is 2.90 bits per heavy atom. The lowest BCUT2D eigenvalue weighted by atomic mass is 10.1. The maximum absolute atomic E-state index is 11.9. The van der Waals surface area contributed by atoms with Gasteiger partial charge in [0.2, 0.25) is 0 Å². The molecule has 1 aromatic carbocycles. The summed E-state index contributed by atoms with van der Waals surface area (Å²) in [6, 6.07) is 9.07. The molecule has 1 amide bonds. The molecule has 0 spiro atoms. The predicted octanol–water partition coefficient (Wildman–Crippen LogP) is 2.20. The van der Waals surface area contributed by atoms with Gasteiger partial charge in [0, 0.05) is 12.1 Å². The number of unbranched alkanes of at least 4 members (excludes halogenated alkanes) is 1. The first-order chi connectivity index (χ1) is 9.72. The summed E-state index contributed by atoms with van der Waals surface area (Å²) in [5.74, 6) is -0.173. The highest BCUT2D eigenvalue weighted by molar-refractivity contribution is 6.33. The molecule has 0 atom stereocenters. The number of carbonyl (C=O) groups excluding carboxylic acids is 1. The largest absolute Gasteiger partial charge is 0.351 e. The van der Waals surface area contributed by atoms with E-state index in [-0.39, 0.29) is 5.91 Å². The van der Waals surface area contributed by atoms with Gasteiger partial charge in [-0.3, -0.25) is 9.89 Å². The molecule has 5 nitrogen and oxygen atoms in total. The Hall–Kier alpha value is -1.85. The van der Waals surface area contributed by atoms with E-state index in [1.807, 2.05) is 18.2 Å². The van der Waals surface area contributed by atoms with Gasteiger partial charge < -0.3 is 11.1 Å². The summed E-state index contributed by atoms with van der Waals surface area (Å²) < 4.78 is 0. The van der Waals surface area contributed by atoms with Gasteiger partial charge in [0.25, 0.3) is 5.91 Å². The minimum atomic E-state index is -0.173. The summed E-state index contributed by atoms with van der Waals surface area (Å²) >= 11 is 6.10. The molecule has 0 fully saturated rings. The maximum atomic E-state index is 11.9. The number of benzene rings is 1. The first-order valence-electron chi connectivity index (χ1n) is 6.51. The molecule has 1 heterocycles. The Labute approximate surface area is 122 Å². The van der Waals surface area contributed by atoms with Crippen molar-refractivity contribution in [3.8, 4) is 11.3 Å². The van der Waals surface area contributed by atoms with Crippen LogP contribution in [-0.4, -0.2) is 29.2 Å². The zero-order valence-corrected chi connectivity index (χ0v) is 11.8. The molecule has 6 heteroatoms. The lowest BCUT2D eigenvalue weighted by Gasteiger charge is -2.01. The molecule has 0 unspecified atom stereocenters. The fraction of sp³-hybridized carbons (Fsp3) is 0.286. The Balaban J connectivity index is 2.02. The highest BCUT2D eigenvalue weighted by Gasteiger charge is 2.12. The zero-order valence-electron chi connectivity index (χ0n) is 11.0. The van der Waals surface area contributed by atoms with E-state index in [2.05, 4.69) is 15.5 Å². The number of carbonyl (C=O) groups is 1. The average molecular weight is 293 g/mol. The van der Waals surface area contributed by atoms with Gasteiger partial charge in [0.05, 0.1) is 10.7 Å². The number of nitrogens with two attached hydrogens (primary N) is 1. The Morgan fingerprint density at radius 1 is 1.35 bits per heavy atom. The molecule has 1 aromatic heterocycles. The topological polar surface area (TPSA) is 83.8 Å². The number of nitrogens with one attached hydrogen (secondary N) is 2. The van der Waals surface area contributed by atoms with Gasteiger partial charge in [0.15, 0.2) is 0 Å². The van der Waals surface area contributed by atoms with Crippen LogP contribution in [0.1, 0.15) is 23.3 Å². The average Bonchev–Trinajstić information content (AvgIpc) is 2.93. The molecule has 0 saturated heterocycles. The van der Waals surface area contributed by atoms with Crippen LogP contribution in [-0.2, 0) is 0 Å². The second-order valence-electron chi connectivity index (χ2n) is 4.40. The molecular weight excluding hydrogens is 276 g/mol. The monoisotopic (exact) mass is 292 g/mol. The van der Waals surface area contributed by atoms with E-state index in [1.54, 1.807) is 12.1 Å². The maximum Gasteiger partial charge on any atom is 0.269 e. The van der Waals surface area contributed by atoms with Crippen molar-refractivity contribution in [1.29, 1.82) is 0 Å². The number of amides is 1. The van der Waals surface area contributed by atoms with Crippen molar-refractivity contribution in [1.82, 2.24) is 15.5 Å². The van der Waals surface area contributed by atoms with Crippen LogP contribution in [0, 0.1) is 0 Å². The van der Waals surface area contributed by atoms with E-state index >= 15 is 0 Å². The molecule has 0 aliphatic heterocycles. The van der Waals surface area contributed by atoms with Crippen LogP contribution in [0.25, 0.3) is 11.3 Å². The quantitative estimate of drug-likeness (QED) is 0.714. The summed E-state index contributed by atoms with van der Waals surface area (Å²) in [6.07, 6.45) is 1.77. The van der Waals surface area contributed by atoms with E-state index in [0.29, 0.717) is 29.5 Å². The van der Waals surface area contributed by atoms with Crippen molar-refractivity contribution >= 4 is 17.5 Å². The van der Waals surface area contributed by atoms with Crippen LogP contribution in [0.3, 0.4) is 0 Å². The molecule has 4 N–H and O–H groups in total. The van der Waals surface area contributed by atoms with Crippen molar-refractivity contribution in [3.63, 3.8) is 0 Å². The number of aromatic nitrogens is 2. The van der Waals surface area contributed by atoms with Gasteiger partial charge in [-0.25, -0.2) is 0 Å². The van der Waals surface area contributed by atoms with Crippen molar-refractivity contribution in [2.75, 3.05) is 13.1 Å². The van der Waals surface area contributed by atoms with E-state index in [9.17, 15) is 4.79 Å². The normalized spacial score (nSPS) is 10.5. The number of H-pyrrole nitrogens is 1. The molecule has 2 rings (SSSR count). The Morgan fingerprint density at radius 2 is 2.15 bits per heavy atom. The fourth-order valence-corrected chi connectivity index (χ4v) is 2.04. The van der Waals surface area contributed by atoms with Crippen molar-refractivity contribution < 1.29 is 4.79 Å². The van der Waals surface area contributed by atoms with Crippen LogP contribution in [0.2, 0.25) is 5.02 Å². The minimum Gasteiger partial charge on any atom is -0.351 e. The third-order valence-electron chi connectivity index (χ3n) is 2.89. The van der Waals surface area contributed by atoms with E-state index in [1.165, 1.54) is 0 Å². The summed E-state index contributed by atoms with van der Waals surface area (Å²) in [7, 11) is 0. The number of aromatic amines is 1. The minimum absolute atomic E-state index is 0.173. The van der Waals surface area contributed by atoms with Crippen LogP contribution in [0.15, 0.2) is 30.3 Å². The van der Waals surface area contributed by atoms with E-state index < -0.39 is 0 Å². The van der Waals surface area contributed by atoms with Crippen molar-refractivity contribution in [2.45, 2.75) is 12.8 Å². The highest BCUT2D eigenvalue weighted by atomic mass is 35.5. The molecular formula is C14H17ClN4O. The van der Waals surface area contributed by atoms with Gasteiger partial charge in [-0.15, -0.1) is 0 Å². The van der Waals surface area contributed by atoms with Crippen molar-refractivity contribution in [3.05, 3.63) is 41.0 Å². The van der Waals surface area contributed by atoms with Crippen LogP contribution < -0.4 is 11.1 Å². The smallest absolute Gasteiger partial charge is 0.269 e. The number of nitrogens with zero attached hydrogens (tertiary/aromatic N) is 1. The molecule has 106 valence electrons. The predicted molar refractivity (Wildman–Crippen MR) is 79.7 cm³/mol. The zero-order chi connectivity index (χ0) is 14.4. The molecule has 2 aromatic rings. The fourth-order valence-electron chi connectivity index (χ4n) is 1.81. The summed E-state index contributed by atoms with van der Waals surface area (Å²) in [5, 5.41) is 10.3. The molecule has 0 radical (unpaired) electrons. The SMILES string of the molecule is NCCCCNC(=O)c1cc(-c2ccccc2Cl)n[nH]1. The van der Waals surface area contributed by atoms with Crippen LogP contribution in [0.5, 0.6) is 0 Å². The van der Waals surface area contributed by atoms with Gasteiger partial charge in [0.1, 0.15) is 5.69 Å². The van der Waals surface area contributed by atoms with E-state index in [4.69, 9.17) is 17.3 Å². The highest BCUT2D eigenvalue weighted by Crippen LogP contribution is 2.26. The molecule has 0 aliphatic carbocycles. The molecule has 20 heavy (non-hydrogen) atoms. The van der Waals surface area contributed by atoms with Crippen molar-refractivity contribution in [2.24, 2.45) is 5.73 Å². The second-order valence-corrected chi connectivity index (χ2v) is 4.81. The first kappa shape index (κ1) is 14.6. The summed E-state index contributed by atoms with van der Waals surface area (Å²) in [4.78, 5) is 11.9. The first-order valence-corrected chi connectivity index (χ1v) is 6.88. The standard InChI is InChI=1S/C14H17ClN4O/c15-11-6-2-1-5-10(11)12-9-13(19-18-12)14(20)17-8-4-3-7-16/h1-2,5-6,9H,3-4,7-8,16H2,(H,17,20)(H,18,19). The number of hydrogen-bond acceptors (Lipinski definition) is 3. The number of rotatable bonds is 6. The molecule has 0 aliphatic rings.